The minimum Gasteiger partial charge on any atom is -0.314 e. The summed E-state index contributed by atoms with van der Waals surface area (Å²) < 4.78 is 0. The zero-order valence-electron chi connectivity index (χ0n) is 10.5. The number of rotatable bonds is 3. The molecule has 1 saturated heterocycles. The molecule has 0 spiro atoms. The predicted octanol–water partition coefficient (Wildman–Crippen LogP) is 2.81. The van der Waals surface area contributed by atoms with Crippen LogP contribution in [0.3, 0.4) is 0 Å². The van der Waals surface area contributed by atoms with Gasteiger partial charge in [0.05, 0.1) is 11.4 Å². The summed E-state index contributed by atoms with van der Waals surface area (Å²) in [6, 6.07) is 6.61. The molecule has 1 fully saturated rings. The first-order valence-corrected chi connectivity index (χ1v) is 7.25. The fourth-order valence-electron chi connectivity index (χ4n) is 2.37. The summed E-state index contributed by atoms with van der Waals surface area (Å²) in [7, 11) is 0. The lowest BCUT2D eigenvalue weighted by atomic mass is 10.1. The lowest BCUT2D eigenvalue weighted by Crippen LogP contribution is -2.23. The van der Waals surface area contributed by atoms with Gasteiger partial charge >= 0.3 is 0 Å². The molecule has 2 aromatic heterocycles. The Bertz CT molecular complexity index is 515. The van der Waals surface area contributed by atoms with E-state index in [1.54, 1.807) is 11.3 Å². The number of nitrogens with one attached hydrogen (secondary N) is 1. The number of pyridine rings is 1. The van der Waals surface area contributed by atoms with Crippen molar-refractivity contribution in [1.29, 1.82) is 0 Å². The van der Waals surface area contributed by atoms with Crippen LogP contribution in [0.5, 0.6) is 0 Å². The summed E-state index contributed by atoms with van der Waals surface area (Å²) in [5.41, 5.74) is 2.14. The monoisotopic (exact) mass is 259 g/mol. The van der Waals surface area contributed by atoms with Crippen LogP contribution in [0.25, 0.3) is 10.7 Å². The van der Waals surface area contributed by atoms with E-state index in [0.29, 0.717) is 6.04 Å². The second kappa shape index (κ2) is 5.16. The van der Waals surface area contributed by atoms with E-state index in [9.17, 15) is 0 Å². The van der Waals surface area contributed by atoms with Gasteiger partial charge in [0.2, 0.25) is 0 Å². The van der Waals surface area contributed by atoms with E-state index in [1.807, 2.05) is 24.4 Å². The molecule has 18 heavy (non-hydrogen) atoms. The first-order chi connectivity index (χ1) is 8.83. The van der Waals surface area contributed by atoms with Gasteiger partial charge in [-0.15, -0.1) is 11.3 Å². The Balaban J connectivity index is 1.82. The van der Waals surface area contributed by atoms with E-state index < -0.39 is 0 Å². The Morgan fingerprint density at radius 2 is 2.39 bits per heavy atom. The van der Waals surface area contributed by atoms with Crippen LogP contribution in [0.15, 0.2) is 24.4 Å². The highest BCUT2D eigenvalue weighted by Gasteiger charge is 2.18. The van der Waals surface area contributed by atoms with E-state index >= 15 is 0 Å². The van der Waals surface area contributed by atoms with E-state index in [1.165, 1.54) is 17.7 Å². The third-order valence-electron chi connectivity index (χ3n) is 3.37. The van der Waals surface area contributed by atoms with E-state index in [4.69, 9.17) is 0 Å². The number of hydrogen-bond donors (Lipinski definition) is 1. The number of aryl methyl sites for hydroxylation is 1. The fourth-order valence-corrected chi connectivity index (χ4v) is 3.49. The molecule has 0 aromatic carbocycles. The minimum absolute atomic E-state index is 0.640. The smallest absolute Gasteiger partial charge is 0.142 e. The van der Waals surface area contributed by atoms with Crippen molar-refractivity contribution < 1.29 is 0 Å². The first kappa shape index (κ1) is 11.8. The molecule has 0 saturated carbocycles. The molecule has 3 heterocycles. The maximum Gasteiger partial charge on any atom is 0.142 e. The highest BCUT2D eigenvalue weighted by atomic mass is 32.1. The van der Waals surface area contributed by atoms with Crippen molar-refractivity contribution in [2.24, 2.45) is 0 Å². The number of aromatic nitrogens is 2. The van der Waals surface area contributed by atoms with Gasteiger partial charge in [-0.25, -0.2) is 4.98 Å². The lowest BCUT2D eigenvalue weighted by Gasteiger charge is -2.07. The van der Waals surface area contributed by atoms with Gasteiger partial charge in [0, 0.05) is 17.1 Å². The second-order valence-electron chi connectivity index (χ2n) is 4.74. The molecule has 1 aliphatic heterocycles. The Morgan fingerprint density at radius 3 is 3.11 bits per heavy atom. The van der Waals surface area contributed by atoms with Gasteiger partial charge in [-0.05, 0) is 44.9 Å². The van der Waals surface area contributed by atoms with Gasteiger partial charge in [-0.2, -0.15) is 0 Å². The standard InChI is InChI=1S/C14H17N3S/c1-10-13(9-11-5-4-8-15-11)18-14(17-10)12-6-2-3-7-16-12/h2-3,6-7,11,15H,4-5,8-9H2,1H3. The fraction of sp³-hybridized carbons (Fsp3) is 0.429. The Labute approximate surface area is 111 Å². The van der Waals surface area contributed by atoms with Crippen molar-refractivity contribution in [3.8, 4) is 10.7 Å². The van der Waals surface area contributed by atoms with Crippen LogP contribution in [0.2, 0.25) is 0 Å². The van der Waals surface area contributed by atoms with Crippen molar-refractivity contribution in [2.75, 3.05) is 6.54 Å². The molecule has 94 valence electrons. The average Bonchev–Trinajstić information content (AvgIpc) is 3.02. The molecule has 1 aliphatic rings. The van der Waals surface area contributed by atoms with E-state index in [0.717, 1.165) is 29.4 Å². The zero-order valence-corrected chi connectivity index (χ0v) is 11.3. The summed E-state index contributed by atoms with van der Waals surface area (Å²) in [4.78, 5) is 10.4. The third-order valence-corrected chi connectivity index (χ3v) is 4.57. The summed E-state index contributed by atoms with van der Waals surface area (Å²) >= 11 is 1.79. The molecule has 1 atom stereocenters. The molecule has 0 bridgehead atoms. The van der Waals surface area contributed by atoms with Crippen molar-refractivity contribution >= 4 is 11.3 Å². The molecular weight excluding hydrogens is 242 g/mol. The average molecular weight is 259 g/mol. The maximum atomic E-state index is 4.65. The van der Waals surface area contributed by atoms with Crippen LogP contribution in [0, 0.1) is 6.92 Å². The highest BCUT2D eigenvalue weighted by molar-refractivity contribution is 7.15. The number of hydrogen-bond acceptors (Lipinski definition) is 4. The molecule has 0 amide bonds. The van der Waals surface area contributed by atoms with Gasteiger partial charge in [-0.1, -0.05) is 6.07 Å². The minimum atomic E-state index is 0.640. The first-order valence-electron chi connectivity index (χ1n) is 6.44. The second-order valence-corrected chi connectivity index (χ2v) is 5.82. The predicted molar refractivity (Wildman–Crippen MR) is 74.8 cm³/mol. The lowest BCUT2D eigenvalue weighted by molar-refractivity contribution is 0.606. The largest absolute Gasteiger partial charge is 0.314 e. The van der Waals surface area contributed by atoms with Gasteiger partial charge in [0.15, 0.2) is 0 Å². The zero-order chi connectivity index (χ0) is 12.4. The molecule has 1 unspecified atom stereocenters. The molecule has 0 radical (unpaired) electrons. The Morgan fingerprint density at radius 1 is 1.44 bits per heavy atom. The SMILES string of the molecule is Cc1nc(-c2ccccn2)sc1CC1CCCN1. The van der Waals surface area contributed by atoms with Crippen LogP contribution in [-0.4, -0.2) is 22.6 Å². The van der Waals surface area contributed by atoms with Crippen LogP contribution in [-0.2, 0) is 6.42 Å². The Hall–Kier alpha value is -1.26. The van der Waals surface area contributed by atoms with Gasteiger partial charge in [0.25, 0.3) is 0 Å². The van der Waals surface area contributed by atoms with Crippen molar-refractivity contribution in [3.63, 3.8) is 0 Å². The Kier molecular flexibility index (Phi) is 3.39. The number of thiazole rings is 1. The highest BCUT2D eigenvalue weighted by Crippen LogP contribution is 2.28. The summed E-state index contributed by atoms with van der Waals surface area (Å²) in [5.74, 6) is 0. The molecule has 2 aromatic rings. The van der Waals surface area contributed by atoms with E-state index in [-0.39, 0.29) is 0 Å². The van der Waals surface area contributed by atoms with Crippen molar-refractivity contribution in [3.05, 3.63) is 35.0 Å². The van der Waals surface area contributed by atoms with Gasteiger partial charge in [-0.3, -0.25) is 4.98 Å². The van der Waals surface area contributed by atoms with Gasteiger partial charge in [0.1, 0.15) is 5.01 Å². The number of nitrogens with zero attached hydrogens (tertiary/aromatic N) is 2. The third kappa shape index (κ3) is 2.44. The van der Waals surface area contributed by atoms with Crippen molar-refractivity contribution in [1.82, 2.24) is 15.3 Å². The molecule has 0 aliphatic carbocycles. The molecule has 3 rings (SSSR count). The summed E-state index contributed by atoms with van der Waals surface area (Å²) in [5, 5.41) is 4.59. The molecule has 4 heteroatoms. The quantitative estimate of drug-likeness (QED) is 0.921. The van der Waals surface area contributed by atoms with Crippen molar-refractivity contribution in [2.45, 2.75) is 32.2 Å². The molecule has 1 N–H and O–H groups in total. The van der Waals surface area contributed by atoms with Gasteiger partial charge < -0.3 is 5.32 Å². The van der Waals surface area contributed by atoms with Crippen LogP contribution in [0.1, 0.15) is 23.4 Å². The van der Waals surface area contributed by atoms with Crippen LogP contribution < -0.4 is 5.32 Å². The topological polar surface area (TPSA) is 37.8 Å². The molecular formula is C14H17N3S. The summed E-state index contributed by atoms with van der Waals surface area (Å²) in [6.07, 6.45) is 5.52. The summed E-state index contributed by atoms with van der Waals surface area (Å²) in [6.45, 7) is 3.27. The van der Waals surface area contributed by atoms with E-state index in [2.05, 4.69) is 22.2 Å². The van der Waals surface area contributed by atoms with Crippen LogP contribution in [0.4, 0.5) is 0 Å². The maximum absolute atomic E-state index is 4.65. The normalized spacial score (nSPS) is 19.3. The van der Waals surface area contributed by atoms with Crippen LogP contribution >= 0.6 is 11.3 Å². The molecule has 3 nitrogen and oxygen atoms in total.